The first-order chi connectivity index (χ1) is 16.7. The number of hydrogen-bond donors (Lipinski definition) is 2. The molecule has 2 unspecified atom stereocenters. The van der Waals surface area contributed by atoms with Gasteiger partial charge in [-0.3, -0.25) is 14.4 Å². The maximum Gasteiger partial charge on any atom is 0.310 e. The Morgan fingerprint density at radius 3 is 2.49 bits per heavy atom. The van der Waals surface area contributed by atoms with E-state index in [-0.39, 0.29) is 30.4 Å². The molecule has 196 valence electrons. The first-order valence-corrected chi connectivity index (χ1v) is 13.4. The van der Waals surface area contributed by atoms with Gasteiger partial charge in [0.05, 0.1) is 24.2 Å². The molecule has 6 atom stereocenters. The molecule has 4 rings (SSSR count). The molecule has 1 saturated carbocycles. The average molecular weight is 491 g/mol. The minimum atomic E-state index is -1.17. The van der Waals surface area contributed by atoms with Gasteiger partial charge in [-0.25, -0.2) is 0 Å². The van der Waals surface area contributed by atoms with Crippen molar-refractivity contribution < 1.29 is 29.3 Å². The van der Waals surface area contributed by atoms with Gasteiger partial charge in [0, 0.05) is 12.6 Å². The van der Waals surface area contributed by atoms with Gasteiger partial charge in [-0.05, 0) is 44.4 Å². The summed E-state index contributed by atoms with van der Waals surface area (Å²) in [7, 11) is 0. The monoisotopic (exact) mass is 490 g/mol. The number of hydrogen-bond acceptors (Lipinski definition) is 5. The van der Waals surface area contributed by atoms with E-state index in [2.05, 4.69) is 6.58 Å². The maximum atomic E-state index is 14.5. The summed E-state index contributed by atoms with van der Waals surface area (Å²) in [6.45, 7) is 9.90. The zero-order valence-electron chi connectivity index (χ0n) is 21.4. The molecule has 3 aliphatic heterocycles. The highest BCUT2D eigenvalue weighted by atomic mass is 16.5. The number of carboxylic acid groups (broad SMARTS) is 1. The first kappa shape index (κ1) is 26.1. The molecular formula is C27H42N2O6. The summed E-state index contributed by atoms with van der Waals surface area (Å²) in [6, 6.07) is -1.44. The van der Waals surface area contributed by atoms with E-state index in [1.807, 2.05) is 25.7 Å². The van der Waals surface area contributed by atoms with Gasteiger partial charge in [-0.2, -0.15) is 0 Å². The normalized spacial score (nSPS) is 35.4. The van der Waals surface area contributed by atoms with Crippen LogP contribution < -0.4 is 0 Å². The topological polar surface area (TPSA) is 107 Å². The number of aliphatic hydroxyl groups excluding tert-OH is 1. The molecule has 0 radical (unpaired) electrons. The van der Waals surface area contributed by atoms with Crippen LogP contribution in [0.25, 0.3) is 0 Å². The summed E-state index contributed by atoms with van der Waals surface area (Å²) in [6.07, 6.45) is 8.78. The van der Waals surface area contributed by atoms with Crippen LogP contribution in [0.4, 0.5) is 0 Å². The Balaban J connectivity index is 1.82. The van der Waals surface area contributed by atoms with E-state index in [1.54, 1.807) is 6.08 Å². The highest BCUT2D eigenvalue weighted by Gasteiger charge is 2.79. The molecule has 0 aromatic heterocycles. The van der Waals surface area contributed by atoms with Crippen molar-refractivity contribution in [3.05, 3.63) is 12.7 Å². The fourth-order valence-electron chi connectivity index (χ4n) is 7.63. The van der Waals surface area contributed by atoms with Gasteiger partial charge in [-0.1, -0.05) is 46.1 Å². The van der Waals surface area contributed by atoms with Crippen LogP contribution in [0.2, 0.25) is 0 Å². The Kier molecular flexibility index (Phi) is 7.36. The summed E-state index contributed by atoms with van der Waals surface area (Å²) in [5.74, 6) is -3.30. The minimum absolute atomic E-state index is 0.0633. The third-order valence-corrected chi connectivity index (χ3v) is 9.09. The summed E-state index contributed by atoms with van der Waals surface area (Å²) in [5, 5.41) is 20.6. The largest absolute Gasteiger partial charge is 0.481 e. The van der Waals surface area contributed by atoms with Crippen LogP contribution in [0.3, 0.4) is 0 Å². The minimum Gasteiger partial charge on any atom is -0.481 e. The van der Waals surface area contributed by atoms with Gasteiger partial charge in [0.25, 0.3) is 0 Å². The summed E-state index contributed by atoms with van der Waals surface area (Å²) in [4.78, 5) is 44.4. The third-order valence-electron chi connectivity index (χ3n) is 9.09. The van der Waals surface area contributed by atoms with Crippen molar-refractivity contribution in [1.82, 2.24) is 9.80 Å². The first-order valence-electron chi connectivity index (χ1n) is 13.4. The van der Waals surface area contributed by atoms with Crippen LogP contribution in [0.5, 0.6) is 0 Å². The molecule has 8 nitrogen and oxygen atoms in total. The number of ether oxygens (including phenoxy) is 1. The zero-order chi connectivity index (χ0) is 25.5. The number of likely N-dealkylation sites (tertiary alicyclic amines) is 1. The van der Waals surface area contributed by atoms with E-state index >= 15 is 0 Å². The number of carboxylic acids is 1. The molecule has 3 heterocycles. The quantitative estimate of drug-likeness (QED) is 0.456. The van der Waals surface area contributed by atoms with Crippen molar-refractivity contribution in [1.29, 1.82) is 0 Å². The Morgan fingerprint density at radius 2 is 1.94 bits per heavy atom. The second-order valence-corrected chi connectivity index (χ2v) is 11.5. The lowest BCUT2D eigenvalue weighted by atomic mass is 9.65. The lowest BCUT2D eigenvalue weighted by molar-refractivity contribution is -0.161. The second kappa shape index (κ2) is 9.85. The SMILES string of the molecule is C=CCN(C(=O)C1N([C@@H](CO)CC(C)C)C(=O)[C@@H]2[C@@H](C(=O)O)[C@@]3(CC)CCC12O3)C1CCCCC1. The number of nitrogens with zero attached hydrogens (tertiary/aromatic N) is 2. The van der Waals surface area contributed by atoms with Gasteiger partial charge < -0.3 is 24.7 Å². The van der Waals surface area contributed by atoms with Crippen LogP contribution in [0, 0.1) is 17.8 Å². The van der Waals surface area contributed by atoms with Crippen LogP contribution in [-0.4, -0.2) is 80.3 Å². The maximum absolute atomic E-state index is 14.5. The second-order valence-electron chi connectivity index (χ2n) is 11.5. The molecule has 1 spiro atoms. The molecule has 3 saturated heterocycles. The van der Waals surface area contributed by atoms with Gasteiger partial charge in [-0.15, -0.1) is 6.58 Å². The van der Waals surface area contributed by atoms with Crippen molar-refractivity contribution in [2.24, 2.45) is 17.8 Å². The predicted octanol–water partition coefficient (Wildman–Crippen LogP) is 2.98. The molecular weight excluding hydrogens is 448 g/mol. The van der Waals surface area contributed by atoms with E-state index in [0.29, 0.717) is 32.2 Å². The van der Waals surface area contributed by atoms with Crippen LogP contribution >= 0.6 is 0 Å². The van der Waals surface area contributed by atoms with Gasteiger partial charge in [0.15, 0.2) is 0 Å². The van der Waals surface area contributed by atoms with Crippen molar-refractivity contribution in [2.45, 2.75) is 108 Å². The van der Waals surface area contributed by atoms with Gasteiger partial charge in [0.1, 0.15) is 17.6 Å². The molecule has 2 bridgehead atoms. The molecule has 1 aliphatic carbocycles. The third kappa shape index (κ3) is 4.01. The number of fused-ring (bicyclic) bond motifs is 1. The molecule has 0 aromatic carbocycles. The van der Waals surface area contributed by atoms with Gasteiger partial charge in [0.2, 0.25) is 11.8 Å². The predicted molar refractivity (Wildman–Crippen MR) is 130 cm³/mol. The lowest BCUT2D eigenvalue weighted by Crippen LogP contribution is -2.60. The lowest BCUT2D eigenvalue weighted by Gasteiger charge is -2.42. The van der Waals surface area contributed by atoms with E-state index in [9.17, 15) is 24.6 Å². The Labute approximate surface area is 208 Å². The van der Waals surface area contributed by atoms with Crippen LogP contribution in [0.1, 0.15) is 78.6 Å². The van der Waals surface area contributed by atoms with E-state index < -0.39 is 41.1 Å². The van der Waals surface area contributed by atoms with E-state index in [0.717, 1.165) is 32.1 Å². The van der Waals surface area contributed by atoms with E-state index in [4.69, 9.17) is 4.74 Å². The summed E-state index contributed by atoms with van der Waals surface area (Å²) < 4.78 is 6.65. The number of amides is 2. The standard InChI is InChI=1S/C27H42N2O6/c1-5-14-28(18-10-8-7-9-11-18)24(32)22-27-13-12-26(6-2,35-27)21(25(33)34)20(27)23(31)29(22)19(16-30)15-17(3)4/h5,17-22,30H,1,6-16H2,2-4H3,(H,33,34)/t19-,20+,21+,22?,26-,27?/m1/s1. The highest BCUT2D eigenvalue weighted by Crippen LogP contribution is 2.64. The fourth-order valence-corrected chi connectivity index (χ4v) is 7.63. The van der Waals surface area contributed by atoms with Crippen molar-refractivity contribution in [3.63, 3.8) is 0 Å². The molecule has 4 aliphatic rings. The Morgan fingerprint density at radius 1 is 1.26 bits per heavy atom. The van der Waals surface area contributed by atoms with Crippen molar-refractivity contribution in [2.75, 3.05) is 13.2 Å². The summed E-state index contributed by atoms with van der Waals surface area (Å²) in [5.41, 5.74) is -2.11. The van der Waals surface area contributed by atoms with Gasteiger partial charge >= 0.3 is 5.97 Å². The molecule has 2 amide bonds. The van der Waals surface area contributed by atoms with Crippen LogP contribution in [-0.2, 0) is 19.1 Å². The number of rotatable bonds is 10. The number of carbonyl (C=O) groups is 3. The fraction of sp³-hybridized carbons (Fsp3) is 0.815. The molecule has 2 N–H and O–H groups in total. The van der Waals surface area contributed by atoms with E-state index in [1.165, 1.54) is 4.90 Å². The number of carbonyl (C=O) groups excluding carboxylic acids is 2. The van der Waals surface area contributed by atoms with Crippen molar-refractivity contribution >= 4 is 17.8 Å². The Bertz CT molecular complexity index is 855. The Hall–Kier alpha value is -1.93. The molecule has 0 aromatic rings. The number of aliphatic hydroxyl groups is 1. The average Bonchev–Trinajstić information content (AvgIpc) is 3.44. The zero-order valence-corrected chi connectivity index (χ0v) is 21.4. The van der Waals surface area contributed by atoms with Crippen LogP contribution in [0.15, 0.2) is 12.7 Å². The smallest absolute Gasteiger partial charge is 0.310 e. The summed E-state index contributed by atoms with van der Waals surface area (Å²) >= 11 is 0. The molecule has 4 fully saturated rings. The highest BCUT2D eigenvalue weighted by molar-refractivity contribution is 5.98. The molecule has 8 heteroatoms. The van der Waals surface area contributed by atoms with Crippen molar-refractivity contribution in [3.8, 4) is 0 Å². The number of aliphatic carboxylic acids is 1. The molecule has 35 heavy (non-hydrogen) atoms.